The Morgan fingerprint density at radius 2 is 1.73 bits per heavy atom. The summed E-state index contributed by atoms with van der Waals surface area (Å²) in [6.07, 6.45) is -4.76. The number of nitrogens with zero attached hydrogens (tertiary/aromatic N) is 2. The van der Waals surface area contributed by atoms with Crippen LogP contribution in [0.1, 0.15) is 43.6 Å². The number of hydrogen-bond donors (Lipinski definition) is 2. The van der Waals surface area contributed by atoms with E-state index in [1.54, 1.807) is 13.8 Å². The van der Waals surface area contributed by atoms with Gasteiger partial charge in [0.25, 0.3) is 11.5 Å². The van der Waals surface area contributed by atoms with Crippen LogP contribution in [-0.2, 0) is 12.7 Å². The fourth-order valence-electron chi connectivity index (χ4n) is 3.09. The molecule has 2 rings (SSSR count). The van der Waals surface area contributed by atoms with E-state index in [1.165, 1.54) is 12.1 Å². The Bertz CT molecular complexity index is 1040. The highest BCUT2D eigenvalue weighted by molar-refractivity contribution is 6.08. The molecule has 10 heteroatoms. The van der Waals surface area contributed by atoms with Gasteiger partial charge in [-0.15, -0.1) is 0 Å². The van der Waals surface area contributed by atoms with E-state index >= 15 is 0 Å². The summed E-state index contributed by atoms with van der Waals surface area (Å²) in [5.41, 5.74) is 2.33. The number of carbonyl (C=O) groups is 1. The number of halogens is 3. The average molecular weight is 426 g/mol. The van der Waals surface area contributed by atoms with E-state index in [0.717, 1.165) is 21.6 Å². The fraction of sp³-hybridized carbons (Fsp3) is 0.450. The van der Waals surface area contributed by atoms with Crippen molar-refractivity contribution in [1.82, 2.24) is 9.55 Å². The van der Waals surface area contributed by atoms with E-state index in [-0.39, 0.29) is 36.4 Å². The van der Waals surface area contributed by atoms with Crippen molar-refractivity contribution >= 4 is 17.4 Å². The number of alkyl halides is 3. The normalized spacial score (nSPS) is 11.9. The van der Waals surface area contributed by atoms with Gasteiger partial charge in [-0.3, -0.25) is 19.1 Å². The van der Waals surface area contributed by atoms with Crippen LogP contribution in [0, 0.1) is 11.8 Å². The van der Waals surface area contributed by atoms with Crippen LogP contribution in [0.4, 0.5) is 24.7 Å². The molecular weight excluding hydrogens is 401 g/mol. The molecule has 0 radical (unpaired) electrons. The number of H-pyrrole nitrogens is 1. The van der Waals surface area contributed by atoms with Crippen LogP contribution < -0.4 is 21.9 Å². The molecule has 164 valence electrons. The number of anilines is 2. The second-order valence-electron chi connectivity index (χ2n) is 7.85. The van der Waals surface area contributed by atoms with Gasteiger partial charge in [0.1, 0.15) is 5.82 Å². The molecule has 1 heterocycles. The van der Waals surface area contributed by atoms with Crippen molar-refractivity contribution in [2.24, 2.45) is 11.8 Å². The third kappa shape index (κ3) is 4.92. The molecule has 0 unspecified atom stereocenters. The Morgan fingerprint density at radius 3 is 2.27 bits per heavy atom. The summed E-state index contributed by atoms with van der Waals surface area (Å²) >= 11 is 0. The predicted molar refractivity (Wildman–Crippen MR) is 109 cm³/mol. The van der Waals surface area contributed by atoms with Gasteiger partial charge in [-0.2, -0.15) is 13.2 Å². The van der Waals surface area contributed by atoms with Crippen molar-refractivity contribution in [3.05, 3.63) is 56.2 Å². The van der Waals surface area contributed by atoms with E-state index in [9.17, 15) is 27.6 Å². The second-order valence-corrected chi connectivity index (χ2v) is 7.85. The van der Waals surface area contributed by atoms with Gasteiger partial charge in [-0.05, 0) is 24.0 Å². The molecular formula is C20H25F3N4O3. The summed E-state index contributed by atoms with van der Waals surface area (Å²) in [7, 11) is 0. The molecule has 1 amide bonds. The van der Waals surface area contributed by atoms with Crippen LogP contribution in [-0.4, -0.2) is 22.0 Å². The lowest BCUT2D eigenvalue weighted by Crippen LogP contribution is -2.43. The maximum Gasteiger partial charge on any atom is 0.417 e. The summed E-state index contributed by atoms with van der Waals surface area (Å²) in [5, 5.41) is 0. The Labute approximate surface area is 171 Å². The summed E-state index contributed by atoms with van der Waals surface area (Å²) in [6, 6.07) is 4.33. The van der Waals surface area contributed by atoms with Crippen molar-refractivity contribution in [1.29, 1.82) is 0 Å². The molecule has 30 heavy (non-hydrogen) atoms. The van der Waals surface area contributed by atoms with E-state index < -0.39 is 34.5 Å². The monoisotopic (exact) mass is 426 g/mol. The number of nitrogen functional groups attached to an aromatic ring is 1. The zero-order valence-electron chi connectivity index (χ0n) is 17.2. The fourth-order valence-corrected chi connectivity index (χ4v) is 3.09. The number of aromatic amines is 1. The van der Waals surface area contributed by atoms with Gasteiger partial charge in [0.05, 0.1) is 11.1 Å². The molecule has 0 saturated heterocycles. The van der Waals surface area contributed by atoms with Gasteiger partial charge in [0.15, 0.2) is 5.69 Å². The van der Waals surface area contributed by atoms with Crippen molar-refractivity contribution in [3.63, 3.8) is 0 Å². The maximum atomic E-state index is 13.4. The average Bonchev–Trinajstić information content (AvgIpc) is 2.62. The number of benzene rings is 1. The first-order valence-electron chi connectivity index (χ1n) is 9.45. The number of rotatable bonds is 6. The first-order valence-corrected chi connectivity index (χ1v) is 9.45. The number of nitrogens with one attached hydrogen (secondary N) is 1. The second kappa shape index (κ2) is 8.76. The first kappa shape index (κ1) is 23.2. The lowest BCUT2D eigenvalue weighted by Gasteiger charge is -2.27. The lowest BCUT2D eigenvalue weighted by molar-refractivity contribution is -0.137. The first-order chi connectivity index (χ1) is 13.8. The smallest absolute Gasteiger partial charge is 0.383 e. The standard InChI is InChI=1S/C20H25F3N4O3/c1-11(2)9-26(18(29)13-7-5-6-8-14(13)20(21,22)23)15-16(24)27(10-12(3)4)19(30)25-17(15)28/h5-8,11-12H,9-10,24H2,1-4H3,(H,25,28,30). The van der Waals surface area contributed by atoms with E-state index in [4.69, 9.17) is 5.73 Å². The third-order valence-electron chi connectivity index (χ3n) is 4.29. The van der Waals surface area contributed by atoms with Crippen molar-refractivity contribution in [3.8, 4) is 0 Å². The van der Waals surface area contributed by atoms with Gasteiger partial charge >= 0.3 is 11.9 Å². The van der Waals surface area contributed by atoms with Gasteiger partial charge in [0, 0.05) is 13.1 Å². The van der Waals surface area contributed by atoms with Crippen LogP contribution in [0.2, 0.25) is 0 Å². The maximum absolute atomic E-state index is 13.4. The summed E-state index contributed by atoms with van der Waals surface area (Å²) < 4.78 is 41.5. The zero-order valence-corrected chi connectivity index (χ0v) is 17.2. The molecule has 0 saturated carbocycles. The van der Waals surface area contributed by atoms with E-state index in [1.807, 2.05) is 13.8 Å². The number of amides is 1. The minimum Gasteiger partial charge on any atom is -0.383 e. The largest absolute Gasteiger partial charge is 0.417 e. The predicted octanol–water partition coefficient (Wildman–Crippen LogP) is 3.10. The molecule has 0 bridgehead atoms. The molecule has 0 aliphatic rings. The van der Waals surface area contributed by atoms with E-state index in [2.05, 4.69) is 4.98 Å². The molecule has 0 aliphatic heterocycles. The van der Waals surface area contributed by atoms with Crippen LogP contribution in [0.25, 0.3) is 0 Å². The SMILES string of the molecule is CC(C)CN(C(=O)c1ccccc1C(F)(F)F)c1c(N)n(CC(C)C)c(=O)[nH]c1=O. The minimum absolute atomic E-state index is 0.0102. The topological polar surface area (TPSA) is 101 Å². The Kier molecular flexibility index (Phi) is 6.79. The van der Waals surface area contributed by atoms with Gasteiger partial charge < -0.3 is 10.6 Å². The van der Waals surface area contributed by atoms with Crippen LogP contribution >= 0.6 is 0 Å². The quantitative estimate of drug-likeness (QED) is 0.741. The Morgan fingerprint density at radius 1 is 1.13 bits per heavy atom. The van der Waals surface area contributed by atoms with Crippen molar-refractivity contribution < 1.29 is 18.0 Å². The van der Waals surface area contributed by atoms with Crippen molar-refractivity contribution in [2.75, 3.05) is 17.2 Å². The molecule has 0 spiro atoms. The summed E-state index contributed by atoms with van der Waals surface area (Å²) in [6.45, 7) is 7.23. The molecule has 1 aromatic carbocycles. The van der Waals surface area contributed by atoms with Crippen LogP contribution in [0.15, 0.2) is 33.9 Å². The number of aromatic nitrogens is 2. The summed E-state index contributed by atoms with van der Waals surface area (Å²) in [4.78, 5) is 41.0. The Hall–Kier alpha value is -3.04. The molecule has 7 nitrogen and oxygen atoms in total. The summed E-state index contributed by atoms with van der Waals surface area (Å²) in [5.74, 6) is -1.50. The number of carbonyl (C=O) groups excluding carboxylic acids is 1. The Balaban J connectivity index is 2.73. The molecule has 0 atom stereocenters. The molecule has 0 aliphatic carbocycles. The van der Waals surface area contributed by atoms with E-state index in [0.29, 0.717) is 0 Å². The van der Waals surface area contributed by atoms with Crippen LogP contribution in [0.5, 0.6) is 0 Å². The minimum atomic E-state index is -4.76. The molecule has 3 N–H and O–H groups in total. The molecule has 0 fully saturated rings. The van der Waals surface area contributed by atoms with Gasteiger partial charge in [-0.1, -0.05) is 39.8 Å². The highest BCUT2D eigenvalue weighted by Crippen LogP contribution is 2.33. The molecule has 1 aromatic heterocycles. The highest BCUT2D eigenvalue weighted by atomic mass is 19.4. The molecule has 2 aromatic rings. The lowest BCUT2D eigenvalue weighted by atomic mass is 10.0. The van der Waals surface area contributed by atoms with Crippen LogP contribution in [0.3, 0.4) is 0 Å². The number of hydrogen-bond acceptors (Lipinski definition) is 4. The van der Waals surface area contributed by atoms with Gasteiger partial charge in [0.2, 0.25) is 0 Å². The van der Waals surface area contributed by atoms with Gasteiger partial charge in [-0.25, -0.2) is 4.79 Å². The highest BCUT2D eigenvalue weighted by Gasteiger charge is 2.37. The third-order valence-corrected chi connectivity index (χ3v) is 4.29. The van der Waals surface area contributed by atoms with Crippen molar-refractivity contribution in [2.45, 2.75) is 40.4 Å². The zero-order chi connectivity index (χ0) is 22.8. The number of nitrogens with two attached hydrogens (primary N) is 1.